The van der Waals surface area contributed by atoms with E-state index in [2.05, 4.69) is 15.6 Å². The van der Waals surface area contributed by atoms with Crippen molar-refractivity contribution in [2.24, 2.45) is 17.8 Å². The number of carbonyl (C=O) groups is 2. The Bertz CT molecular complexity index is 970. The smallest absolute Gasteiger partial charge is 0.408 e. The molecule has 4 rings (SSSR count). The first kappa shape index (κ1) is 22.4. The van der Waals surface area contributed by atoms with Gasteiger partial charge in [-0.05, 0) is 102 Å². The molecule has 2 aliphatic carbocycles. The average Bonchev–Trinajstić information content (AvgIpc) is 3.63. The highest BCUT2D eigenvalue weighted by Crippen LogP contribution is 2.50. The largest absolute Gasteiger partial charge is 0.444 e. The van der Waals surface area contributed by atoms with Crippen molar-refractivity contribution in [3.63, 3.8) is 0 Å². The SMILES string of the molecule is Cc1ncn(-c2ccc(NC(=O)[C@@H](NC(=O)OC(C)(C)C)C(C3CC3)C3CC3)cc2)c1C. The minimum atomic E-state index is -0.612. The van der Waals surface area contributed by atoms with Crippen molar-refractivity contribution in [2.75, 3.05) is 5.32 Å². The van der Waals surface area contributed by atoms with Crippen LogP contribution in [0.5, 0.6) is 0 Å². The number of nitrogens with one attached hydrogen (secondary N) is 2. The van der Waals surface area contributed by atoms with Crippen LogP contribution in [0.2, 0.25) is 0 Å². The standard InChI is InChI=1S/C25H34N4O3/c1-15-16(2)29(14-26-15)20-12-10-19(11-13-20)27-23(30)22(28-24(31)32-25(3,4)5)21(17-6-7-17)18-8-9-18/h10-14,17-18,21-22H,6-9H2,1-5H3,(H,27,30)(H,28,31)/t22-/m0/s1. The van der Waals surface area contributed by atoms with Crippen molar-refractivity contribution >= 4 is 17.7 Å². The molecule has 0 radical (unpaired) electrons. The molecule has 32 heavy (non-hydrogen) atoms. The maximum atomic E-state index is 13.3. The number of aromatic nitrogens is 2. The number of hydrogen-bond donors (Lipinski definition) is 2. The quantitative estimate of drug-likeness (QED) is 0.653. The second-order valence-corrected chi connectivity index (χ2v) is 10.2. The van der Waals surface area contributed by atoms with Gasteiger partial charge in [-0.15, -0.1) is 0 Å². The van der Waals surface area contributed by atoms with Gasteiger partial charge in [0.05, 0.1) is 12.0 Å². The number of imidazole rings is 1. The predicted octanol–water partition coefficient (Wildman–Crippen LogP) is 4.76. The zero-order valence-electron chi connectivity index (χ0n) is 19.6. The maximum Gasteiger partial charge on any atom is 0.408 e. The number of carbonyl (C=O) groups excluding carboxylic acids is 2. The lowest BCUT2D eigenvalue weighted by Crippen LogP contribution is -2.51. The molecule has 0 bridgehead atoms. The fraction of sp³-hybridized carbons (Fsp3) is 0.560. The van der Waals surface area contributed by atoms with Gasteiger partial charge in [-0.25, -0.2) is 9.78 Å². The van der Waals surface area contributed by atoms with E-state index in [1.807, 2.05) is 63.5 Å². The third kappa shape index (κ3) is 5.31. The Balaban J connectivity index is 1.49. The summed E-state index contributed by atoms with van der Waals surface area (Å²) in [5.74, 6) is 0.992. The van der Waals surface area contributed by atoms with E-state index in [0.29, 0.717) is 17.5 Å². The summed E-state index contributed by atoms with van der Waals surface area (Å²) in [6.45, 7) is 9.49. The molecule has 2 saturated carbocycles. The molecule has 0 saturated heterocycles. The fourth-order valence-corrected chi connectivity index (χ4v) is 4.35. The summed E-state index contributed by atoms with van der Waals surface area (Å²) in [7, 11) is 0. The lowest BCUT2D eigenvalue weighted by atomic mass is 9.88. The van der Waals surface area contributed by atoms with Crippen LogP contribution in [0.3, 0.4) is 0 Å². The van der Waals surface area contributed by atoms with Crippen molar-refractivity contribution in [2.45, 2.75) is 71.9 Å². The molecule has 172 valence electrons. The molecule has 0 unspecified atom stereocenters. The van der Waals surface area contributed by atoms with Crippen molar-refractivity contribution in [3.05, 3.63) is 42.0 Å². The van der Waals surface area contributed by atoms with Crippen LogP contribution in [0, 0.1) is 31.6 Å². The van der Waals surface area contributed by atoms with E-state index in [1.54, 1.807) is 6.33 Å². The minimum absolute atomic E-state index is 0.165. The summed E-state index contributed by atoms with van der Waals surface area (Å²) in [4.78, 5) is 30.2. The van der Waals surface area contributed by atoms with Gasteiger partial charge in [0.1, 0.15) is 11.6 Å². The van der Waals surface area contributed by atoms with Crippen molar-refractivity contribution in [1.29, 1.82) is 0 Å². The highest BCUT2D eigenvalue weighted by Gasteiger charge is 2.48. The van der Waals surface area contributed by atoms with E-state index in [4.69, 9.17) is 4.74 Å². The van der Waals surface area contributed by atoms with Gasteiger partial charge in [0.25, 0.3) is 0 Å². The lowest BCUT2D eigenvalue weighted by Gasteiger charge is -2.29. The molecule has 7 nitrogen and oxygen atoms in total. The molecule has 7 heteroatoms. The normalized spacial score (nSPS) is 17.2. The van der Waals surface area contributed by atoms with E-state index in [9.17, 15) is 9.59 Å². The first-order valence-corrected chi connectivity index (χ1v) is 11.5. The Morgan fingerprint density at radius 2 is 1.66 bits per heavy atom. The second kappa shape index (κ2) is 8.60. The minimum Gasteiger partial charge on any atom is -0.444 e. The fourth-order valence-electron chi connectivity index (χ4n) is 4.35. The van der Waals surface area contributed by atoms with Gasteiger partial charge in [-0.2, -0.15) is 0 Å². The molecule has 0 aliphatic heterocycles. The van der Waals surface area contributed by atoms with Crippen LogP contribution in [-0.2, 0) is 9.53 Å². The van der Waals surface area contributed by atoms with Crippen molar-refractivity contribution in [3.8, 4) is 5.69 Å². The Labute approximate surface area is 189 Å². The van der Waals surface area contributed by atoms with Gasteiger partial charge in [-0.3, -0.25) is 4.79 Å². The van der Waals surface area contributed by atoms with Gasteiger partial charge in [0, 0.05) is 17.1 Å². The van der Waals surface area contributed by atoms with Gasteiger partial charge in [0.2, 0.25) is 5.91 Å². The topological polar surface area (TPSA) is 85.3 Å². The summed E-state index contributed by atoms with van der Waals surface area (Å²) in [6, 6.07) is 7.09. The molecular weight excluding hydrogens is 404 g/mol. The Morgan fingerprint density at radius 1 is 1.06 bits per heavy atom. The Morgan fingerprint density at radius 3 is 2.12 bits per heavy atom. The average molecular weight is 439 g/mol. The van der Waals surface area contributed by atoms with Crippen LogP contribution >= 0.6 is 0 Å². The van der Waals surface area contributed by atoms with Gasteiger partial charge in [-0.1, -0.05) is 0 Å². The van der Waals surface area contributed by atoms with Gasteiger partial charge < -0.3 is 19.9 Å². The molecule has 1 heterocycles. The van der Waals surface area contributed by atoms with Gasteiger partial charge in [0.15, 0.2) is 0 Å². The number of amides is 2. The first-order chi connectivity index (χ1) is 15.1. The van der Waals surface area contributed by atoms with Crippen molar-refractivity contribution in [1.82, 2.24) is 14.9 Å². The Hall–Kier alpha value is -2.83. The summed E-state index contributed by atoms with van der Waals surface area (Å²) in [5.41, 5.74) is 3.15. The monoisotopic (exact) mass is 438 g/mol. The van der Waals surface area contributed by atoms with Crippen LogP contribution in [0.1, 0.15) is 57.8 Å². The molecule has 2 N–H and O–H groups in total. The molecular formula is C25H34N4O3. The van der Waals surface area contributed by atoms with E-state index >= 15 is 0 Å². The number of nitrogens with zero attached hydrogens (tertiary/aromatic N) is 2. The summed E-state index contributed by atoms with van der Waals surface area (Å²) >= 11 is 0. The summed E-state index contributed by atoms with van der Waals surface area (Å²) in [6.07, 6.45) is 5.76. The number of anilines is 1. The molecule has 2 fully saturated rings. The van der Waals surface area contributed by atoms with E-state index in [-0.39, 0.29) is 11.8 Å². The second-order valence-electron chi connectivity index (χ2n) is 10.2. The number of benzene rings is 1. The molecule has 1 atom stereocenters. The Kier molecular flexibility index (Phi) is 6.01. The number of ether oxygens (including phenoxy) is 1. The van der Waals surface area contributed by atoms with Crippen LogP contribution < -0.4 is 10.6 Å². The summed E-state index contributed by atoms with van der Waals surface area (Å²) in [5, 5.41) is 5.92. The zero-order chi connectivity index (χ0) is 23.0. The molecule has 0 spiro atoms. The third-order valence-corrected chi connectivity index (χ3v) is 6.34. The van der Waals surface area contributed by atoms with Crippen LogP contribution in [0.25, 0.3) is 5.69 Å². The molecule has 2 aliphatic rings. The highest BCUT2D eigenvalue weighted by atomic mass is 16.6. The molecule has 1 aromatic heterocycles. The van der Waals surface area contributed by atoms with Crippen LogP contribution in [0.4, 0.5) is 10.5 Å². The number of rotatable bonds is 7. The predicted molar refractivity (Wildman–Crippen MR) is 124 cm³/mol. The molecule has 2 aromatic rings. The van der Waals surface area contributed by atoms with E-state index in [1.165, 1.54) is 0 Å². The third-order valence-electron chi connectivity index (χ3n) is 6.34. The number of aryl methyl sites for hydroxylation is 1. The zero-order valence-corrected chi connectivity index (χ0v) is 19.6. The van der Waals surface area contributed by atoms with E-state index < -0.39 is 17.7 Å². The van der Waals surface area contributed by atoms with E-state index in [0.717, 1.165) is 42.8 Å². The lowest BCUT2D eigenvalue weighted by molar-refractivity contribution is -0.120. The van der Waals surface area contributed by atoms with Crippen LogP contribution in [0.15, 0.2) is 30.6 Å². The maximum absolute atomic E-state index is 13.3. The first-order valence-electron chi connectivity index (χ1n) is 11.5. The summed E-state index contributed by atoms with van der Waals surface area (Å²) < 4.78 is 7.48. The number of alkyl carbamates (subject to hydrolysis) is 1. The van der Waals surface area contributed by atoms with Crippen molar-refractivity contribution < 1.29 is 14.3 Å². The van der Waals surface area contributed by atoms with Gasteiger partial charge >= 0.3 is 6.09 Å². The molecule has 1 aromatic carbocycles. The molecule has 2 amide bonds. The number of hydrogen-bond acceptors (Lipinski definition) is 4. The highest BCUT2D eigenvalue weighted by molar-refractivity contribution is 5.97. The van der Waals surface area contributed by atoms with Crippen LogP contribution in [-0.4, -0.2) is 33.2 Å².